The fourth-order valence-corrected chi connectivity index (χ4v) is 4.54. The molecule has 0 N–H and O–H groups in total. The molecule has 0 radical (unpaired) electrons. The van der Waals surface area contributed by atoms with E-state index in [2.05, 4.69) is 39.2 Å². The van der Waals surface area contributed by atoms with Gasteiger partial charge in [0.05, 0.1) is 5.52 Å². The van der Waals surface area contributed by atoms with Crippen molar-refractivity contribution in [2.45, 2.75) is 25.7 Å². The van der Waals surface area contributed by atoms with Crippen molar-refractivity contribution < 1.29 is 9.53 Å². The Hall–Kier alpha value is -3.80. The van der Waals surface area contributed by atoms with E-state index < -0.39 is 0 Å². The van der Waals surface area contributed by atoms with Crippen LogP contribution in [0.3, 0.4) is 0 Å². The van der Waals surface area contributed by atoms with Crippen LogP contribution in [0.15, 0.2) is 79.3 Å². The summed E-state index contributed by atoms with van der Waals surface area (Å²) in [6.45, 7) is 1.54. The first-order valence-corrected chi connectivity index (χ1v) is 11.4. The third kappa shape index (κ3) is 5.00. The smallest absolute Gasteiger partial charge is 0.321 e. The Labute approximate surface area is 193 Å². The molecule has 2 aromatic carbocycles. The Balaban J connectivity index is 1.24. The van der Waals surface area contributed by atoms with Crippen molar-refractivity contribution in [2.75, 3.05) is 13.1 Å². The Morgan fingerprint density at radius 2 is 1.79 bits per heavy atom. The monoisotopic (exact) mass is 438 g/mol. The number of hydrogen-bond donors (Lipinski definition) is 0. The van der Waals surface area contributed by atoms with Gasteiger partial charge in [0.15, 0.2) is 0 Å². The van der Waals surface area contributed by atoms with E-state index in [0.717, 1.165) is 44.3 Å². The first kappa shape index (κ1) is 21.1. The minimum atomic E-state index is 0.0458. The third-order valence-electron chi connectivity index (χ3n) is 6.22. The summed E-state index contributed by atoms with van der Waals surface area (Å²) in [6, 6.07) is 19.7. The van der Waals surface area contributed by atoms with Crippen molar-refractivity contribution in [2.24, 2.45) is 5.92 Å². The number of fused-ring (bicyclic) bond motifs is 1. The van der Waals surface area contributed by atoms with Crippen molar-refractivity contribution in [3.8, 4) is 11.8 Å². The summed E-state index contributed by atoms with van der Waals surface area (Å²) in [6.07, 6.45) is 9.30. The van der Waals surface area contributed by atoms with Gasteiger partial charge in [-0.15, -0.1) is 0 Å². The molecule has 1 fully saturated rings. The summed E-state index contributed by atoms with van der Waals surface area (Å²) in [5, 5.41) is 1.23. The highest BCUT2D eigenvalue weighted by Gasteiger charge is 2.22. The van der Waals surface area contributed by atoms with Crippen molar-refractivity contribution in [3.63, 3.8) is 0 Å². The van der Waals surface area contributed by atoms with Gasteiger partial charge in [-0.1, -0.05) is 24.3 Å². The van der Waals surface area contributed by atoms with Crippen LogP contribution in [-0.4, -0.2) is 38.8 Å². The molecule has 1 aliphatic heterocycles. The number of likely N-dealkylation sites (tertiary alicyclic amines) is 1. The van der Waals surface area contributed by atoms with Crippen LogP contribution < -0.4 is 4.74 Å². The van der Waals surface area contributed by atoms with Gasteiger partial charge in [-0.05, 0) is 73.6 Å². The van der Waals surface area contributed by atoms with E-state index >= 15 is 0 Å². The fraction of sp³-hybridized carbons (Fsp3) is 0.259. The predicted molar refractivity (Wildman–Crippen MR) is 127 cm³/mol. The number of nitrogens with zero attached hydrogens (tertiary/aromatic N) is 4. The van der Waals surface area contributed by atoms with Crippen LogP contribution in [0.25, 0.3) is 10.9 Å². The van der Waals surface area contributed by atoms with Crippen molar-refractivity contribution in [1.29, 1.82) is 0 Å². The number of carbonyl (C=O) groups excluding carboxylic acids is 1. The standard InChI is InChI=1S/C27H26N4O2/c32-26(22-7-3-8-23(19-22)33-27-29-13-5-14-30-27)31-16-4-6-20(12-17-31)18-21-11-15-28-25-10-2-1-9-24(21)25/h1-3,5,7-11,13-15,19-20H,4,6,12,16-18H2. The van der Waals surface area contributed by atoms with Crippen LogP contribution in [0, 0.1) is 5.92 Å². The molecule has 6 nitrogen and oxygen atoms in total. The van der Waals surface area contributed by atoms with Crippen LogP contribution in [0.4, 0.5) is 0 Å². The average Bonchev–Trinajstić information content (AvgIpc) is 3.10. The van der Waals surface area contributed by atoms with Crippen LogP contribution >= 0.6 is 0 Å². The number of para-hydroxylation sites is 1. The second-order valence-corrected chi connectivity index (χ2v) is 8.44. The molecule has 1 aliphatic rings. The Morgan fingerprint density at radius 3 is 2.70 bits per heavy atom. The normalized spacial score (nSPS) is 16.4. The molecule has 1 unspecified atom stereocenters. The molecule has 0 spiro atoms. The van der Waals surface area contributed by atoms with Crippen molar-refractivity contribution >= 4 is 16.8 Å². The zero-order valence-electron chi connectivity index (χ0n) is 18.4. The van der Waals surface area contributed by atoms with Crippen LogP contribution in [0.1, 0.15) is 35.2 Å². The molecule has 0 bridgehead atoms. The number of carbonyl (C=O) groups is 1. The Morgan fingerprint density at radius 1 is 0.909 bits per heavy atom. The molecule has 1 saturated heterocycles. The lowest BCUT2D eigenvalue weighted by molar-refractivity contribution is 0.0759. The van der Waals surface area contributed by atoms with Gasteiger partial charge >= 0.3 is 6.01 Å². The summed E-state index contributed by atoms with van der Waals surface area (Å²) < 4.78 is 5.70. The SMILES string of the molecule is O=C(c1cccc(Oc2ncccn2)c1)N1CCCC(Cc2ccnc3ccccc23)CC1. The molecule has 166 valence electrons. The lowest BCUT2D eigenvalue weighted by atomic mass is 9.91. The van der Waals surface area contributed by atoms with Gasteiger partial charge in [0.2, 0.25) is 0 Å². The van der Waals surface area contributed by atoms with Gasteiger partial charge in [-0.3, -0.25) is 9.78 Å². The molecule has 0 aliphatic carbocycles. The second kappa shape index (κ2) is 9.77. The lowest BCUT2D eigenvalue weighted by Gasteiger charge is -2.21. The van der Waals surface area contributed by atoms with Crippen molar-refractivity contribution in [3.05, 3.63) is 90.4 Å². The maximum absolute atomic E-state index is 13.2. The molecule has 33 heavy (non-hydrogen) atoms. The summed E-state index contributed by atoms with van der Waals surface area (Å²) >= 11 is 0. The molecule has 1 atom stereocenters. The number of aromatic nitrogens is 3. The zero-order chi connectivity index (χ0) is 22.5. The van der Waals surface area contributed by atoms with Crippen LogP contribution in [0.2, 0.25) is 0 Å². The van der Waals surface area contributed by atoms with E-state index in [4.69, 9.17) is 4.74 Å². The van der Waals surface area contributed by atoms with Gasteiger partial charge < -0.3 is 9.64 Å². The number of benzene rings is 2. The predicted octanol–water partition coefficient (Wildman–Crippen LogP) is 5.30. The van der Waals surface area contributed by atoms with Gasteiger partial charge in [0.25, 0.3) is 5.91 Å². The van der Waals surface area contributed by atoms with E-state index in [1.54, 1.807) is 24.5 Å². The maximum Gasteiger partial charge on any atom is 0.321 e. The Kier molecular flexibility index (Phi) is 6.24. The molecular weight excluding hydrogens is 412 g/mol. The number of hydrogen-bond acceptors (Lipinski definition) is 5. The van der Waals surface area contributed by atoms with Gasteiger partial charge in [0, 0.05) is 42.6 Å². The highest BCUT2D eigenvalue weighted by atomic mass is 16.5. The second-order valence-electron chi connectivity index (χ2n) is 8.44. The van der Waals surface area contributed by atoms with E-state index in [1.807, 2.05) is 35.4 Å². The molecule has 5 rings (SSSR count). The summed E-state index contributed by atoms with van der Waals surface area (Å²) in [4.78, 5) is 27.8. The first-order valence-electron chi connectivity index (χ1n) is 11.4. The number of amides is 1. The topological polar surface area (TPSA) is 68.2 Å². The molecule has 0 saturated carbocycles. The summed E-state index contributed by atoms with van der Waals surface area (Å²) in [7, 11) is 0. The van der Waals surface area contributed by atoms with Gasteiger partial charge in [-0.25, -0.2) is 9.97 Å². The molecule has 1 amide bonds. The minimum absolute atomic E-state index is 0.0458. The minimum Gasteiger partial charge on any atom is -0.424 e. The largest absolute Gasteiger partial charge is 0.424 e. The van der Waals surface area contributed by atoms with E-state index in [-0.39, 0.29) is 11.9 Å². The summed E-state index contributed by atoms with van der Waals surface area (Å²) in [5.74, 6) is 1.16. The van der Waals surface area contributed by atoms with E-state index in [0.29, 0.717) is 17.2 Å². The average molecular weight is 439 g/mol. The van der Waals surface area contributed by atoms with Crippen LogP contribution in [-0.2, 0) is 6.42 Å². The number of rotatable bonds is 5. The van der Waals surface area contributed by atoms with Gasteiger partial charge in [0.1, 0.15) is 5.75 Å². The van der Waals surface area contributed by atoms with E-state index in [1.165, 1.54) is 10.9 Å². The molecule has 2 aromatic heterocycles. The summed E-state index contributed by atoms with van der Waals surface area (Å²) in [5.41, 5.74) is 3.02. The quantitative estimate of drug-likeness (QED) is 0.423. The Bertz CT molecular complexity index is 1240. The third-order valence-corrected chi connectivity index (χ3v) is 6.22. The first-order chi connectivity index (χ1) is 16.3. The molecule has 3 heterocycles. The molecular formula is C27H26N4O2. The van der Waals surface area contributed by atoms with E-state index in [9.17, 15) is 4.79 Å². The molecule has 4 aromatic rings. The number of pyridine rings is 1. The highest BCUT2D eigenvalue weighted by molar-refractivity contribution is 5.94. The lowest BCUT2D eigenvalue weighted by Crippen LogP contribution is -2.32. The van der Waals surface area contributed by atoms with Gasteiger partial charge in [-0.2, -0.15) is 0 Å². The fourth-order valence-electron chi connectivity index (χ4n) is 4.54. The highest BCUT2D eigenvalue weighted by Crippen LogP contribution is 2.27. The molecule has 6 heteroatoms. The number of ether oxygens (including phenoxy) is 1. The van der Waals surface area contributed by atoms with Crippen molar-refractivity contribution in [1.82, 2.24) is 19.9 Å². The maximum atomic E-state index is 13.2. The zero-order valence-corrected chi connectivity index (χ0v) is 18.4. The van der Waals surface area contributed by atoms with Crippen LogP contribution in [0.5, 0.6) is 11.8 Å².